The van der Waals surface area contributed by atoms with E-state index in [1.54, 1.807) is 0 Å². The molecule has 2 N–H and O–H groups in total. The predicted molar refractivity (Wildman–Crippen MR) is 57.2 cm³/mol. The third-order valence-corrected chi connectivity index (χ3v) is 3.97. The van der Waals surface area contributed by atoms with Gasteiger partial charge in [0, 0.05) is 24.5 Å². The van der Waals surface area contributed by atoms with Crippen molar-refractivity contribution in [3.05, 3.63) is 0 Å². The molecule has 0 radical (unpaired) electrons. The van der Waals surface area contributed by atoms with Gasteiger partial charge in [-0.2, -0.15) is 0 Å². The first-order valence-electron chi connectivity index (χ1n) is 5.54. The van der Waals surface area contributed by atoms with Crippen LogP contribution in [-0.2, 0) is 4.74 Å². The Bertz CT molecular complexity index is 219. The number of rotatable bonds is 0. The monoisotopic (exact) mass is 198 g/mol. The minimum Gasteiger partial charge on any atom is -0.373 e. The number of hydrogen-bond donors (Lipinski definition) is 1. The summed E-state index contributed by atoms with van der Waals surface area (Å²) in [6, 6.07) is 0.198. The summed E-state index contributed by atoms with van der Waals surface area (Å²) in [5.41, 5.74) is 6.46. The fraction of sp³-hybridized carbons (Fsp3) is 1.00. The van der Waals surface area contributed by atoms with Crippen molar-refractivity contribution in [2.75, 3.05) is 26.7 Å². The molecule has 0 aromatic heterocycles. The van der Waals surface area contributed by atoms with Crippen molar-refractivity contribution in [3.63, 3.8) is 0 Å². The molecule has 0 amide bonds. The van der Waals surface area contributed by atoms with Gasteiger partial charge in [-0.1, -0.05) is 13.8 Å². The van der Waals surface area contributed by atoms with Gasteiger partial charge >= 0.3 is 0 Å². The largest absolute Gasteiger partial charge is 0.373 e. The van der Waals surface area contributed by atoms with Gasteiger partial charge in [0.05, 0.1) is 12.2 Å². The first-order valence-corrected chi connectivity index (χ1v) is 5.54. The lowest BCUT2D eigenvalue weighted by Crippen LogP contribution is -2.55. The van der Waals surface area contributed by atoms with Crippen LogP contribution in [0.1, 0.15) is 26.7 Å². The highest BCUT2D eigenvalue weighted by atomic mass is 16.5. The molecule has 82 valence electrons. The summed E-state index contributed by atoms with van der Waals surface area (Å²) in [6.45, 7) is 7.47. The number of nitrogens with two attached hydrogens (primary N) is 1. The molecule has 2 saturated heterocycles. The number of nitrogens with zero attached hydrogens (tertiary/aromatic N) is 1. The van der Waals surface area contributed by atoms with Gasteiger partial charge < -0.3 is 15.4 Å². The second-order valence-corrected chi connectivity index (χ2v) is 5.62. The molecule has 3 heteroatoms. The van der Waals surface area contributed by atoms with Crippen LogP contribution in [0.2, 0.25) is 0 Å². The third kappa shape index (κ3) is 1.47. The highest BCUT2D eigenvalue weighted by Gasteiger charge is 2.52. The van der Waals surface area contributed by atoms with Crippen LogP contribution in [0.4, 0.5) is 0 Å². The van der Waals surface area contributed by atoms with Crippen molar-refractivity contribution < 1.29 is 4.74 Å². The minimum atomic E-state index is -0.0178. The average molecular weight is 198 g/mol. The van der Waals surface area contributed by atoms with Crippen LogP contribution >= 0.6 is 0 Å². The highest BCUT2D eigenvalue weighted by molar-refractivity contribution is 5.06. The van der Waals surface area contributed by atoms with Gasteiger partial charge in [-0.05, 0) is 19.9 Å². The van der Waals surface area contributed by atoms with Crippen molar-refractivity contribution in [2.24, 2.45) is 11.1 Å². The fourth-order valence-electron chi connectivity index (χ4n) is 2.67. The normalized spacial score (nSPS) is 36.4. The summed E-state index contributed by atoms with van der Waals surface area (Å²) in [5, 5.41) is 0. The quantitative estimate of drug-likeness (QED) is 0.626. The number of piperidine rings is 1. The van der Waals surface area contributed by atoms with Gasteiger partial charge in [0.15, 0.2) is 0 Å². The second kappa shape index (κ2) is 3.19. The number of likely N-dealkylation sites (tertiary alicyclic amines) is 1. The van der Waals surface area contributed by atoms with Gasteiger partial charge in [-0.3, -0.25) is 0 Å². The van der Waals surface area contributed by atoms with Crippen LogP contribution in [0.15, 0.2) is 0 Å². The van der Waals surface area contributed by atoms with Crippen molar-refractivity contribution in [1.29, 1.82) is 0 Å². The molecule has 2 fully saturated rings. The molecule has 0 saturated carbocycles. The van der Waals surface area contributed by atoms with Crippen molar-refractivity contribution in [1.82, 2.24) is 4.90 Å². The van der Waals surface area contributed by atoms with Crippen molar-refractivity contribution in [2.45, 2.75) is 38.3 Å². The SMILES string of the molecule is CN1CCC2(CC1)OCC(C)(C)[C@H]2N. The zero-order valence-electron chi connectivity index (χ0n) is 9.55. The lowest BCUT2D eigenvalue weighted by atomic mass is 9.75. The third-order valence-electron chi connectivity index (χ3n) is 3.97. The van der Waals surface area contributed by atoms with Crippen LogP contribution in [0.5, 0.6) is 0 Å². The van der Waals surface area contributed by atoms with E-state index >= 15 is 0 Å². The smallest absolute Gasteiger partial charge is 0.0863 e. The summed E-state index contributed by atoms with van der Waals surface area (Å²) >= 11 is 0. The Kier molecular flexibility index (Phi) is 2.37. The van der Waals surface area contributed by atoms with Crippen LogP contribution in [0.25, 0.3) is 0 Å². The van der Waals surface area contributed by atoms with E-state index in [1.165, 1.54) is 0 Å². The Morgan fingerprint density at radius 2 is 1.86 bits per heavy atom. The van der Waals surface area contributed by atoms with Crippen molar-refractivity contribution >= 4 is 0 Å². The minimum absolute atomic E-state index is 0.0178. The first-order chi connectivity index (χ1) is 6.46. The topological polar surface area (TPSA) is 38.5 Å². The molecule has 0 aromatic carbocycles. The van der Waals surface area contributed by atoms with Crippen LogP contribution in [-0.4, -0.2) is 43.3 Å². The summed E-state index contributed by atoms with van der Waals surface area (Å²) in [4.78, 5) is 2.35. The zero-order chi connectivity index (χ0) is 10.4. The number of ether oxygens (including phenoxy) is 1. The maximum absolute atomic E-state index is 6.32. The molecule has 3 nitrogen and oxygen atoms in total. The van der Waals surface area contributed by atoms with Crippen LogP contribution < -0.4 is 5.73 Å². The van der Waals surface area contributed by atoms with E-state index in [-0.39, 0.29) is 17.1 Å². The highest BCUT2D eigenvalue weighted by Crippen LogP contribution is 2.43. The van der Waals surface area contributed by atoms with E-state index in [0.717, 1.165) is 32.5 Å². The summed E-state index contributed by atoms with van der Waals surface area (Å²) < 4.78 is 6.01. The lowest BCUT2D eigenvalue weighted by Gasteiger charge is -2.41. The molecule has 0 unspecified atom stereocenters. The van der Waals surface area contributed by atoms with E-state index < -0.39 is 0 Å². The lowest BCUT2D eigenvalue weighted by molar-refractivity contribution is -0.0469. The Balaban J connectivity index is 2.11. The van der Waals surface area contributed by atoms with Crippen LogP contribution in [0.3, 0.4) is 0 Å². The first kappa shape index (κ1) is 10.4. The average Bonchev–Trinajstić information content (AvgIpc) is 2.36. The van der Waals surface area contributed by atoms with Crippen LogP contribution in [0, 0.1) is 5.41 Å². The zero-order valence-corrected chi connectivity index (χ0v) is 9.55. The van der Waals surface area contributed by atoms with E-state index in [9.17, 15) is 0 Å². The summed E-state index contributed by atoms with van der Waals surface area (Å²) in [6.07, 6.45) is 2.18. The molecule has 1 spiro atoms. The molecule has 0 aromatic rings. The summed E-state index contributed by atoms with van der Waals surface area (Å²) in [5.74, 6) is 0. The maximum Gasteiger partial charge on any atom is 0.0863 e. The van der Waals surface area contributed by atoms with Gasteiger partial charge in [0.2, 0.25) is 0 Å². The van der Waals surface area contributed by atoms with E-state index in [4.69, 9.17) is 10.5 Å². The van der Waals surface area contributed by atoms with E-state index in [1.807, 2.05) is 0 Å². The maximum atomic E-state index is 6.32. The Morgan fingerprint density at radius 3 is 2.29 bits per heavy atom. The Morgan fingerprint density at radius 1 is 1.29 bits per heavy atom. The van der Waals surface area contributed by atoms with E-state index in [2.05, 4.69) is 25.8 Å². The Hall–Kier alpha value is -0.120. The van der Waals surface area contributed by atoms with Gasteiger partial charge in [-0.15, -0.1) is 0 Å². The molecule has 2 heterocycles. The summed E-state index contributed by atoms with van der Waals surface area (Å²) in [7, 11) is 2.17. The molecule has 14 heavy (non-hydrogen) atoms. The molecule has 1 atom stereocenters. The molecule has 2 rings (SSSR count). The van der Waals surface area contributed by atoms with Crippen molar-refractivity contribution in [3.8, 4) is 0 Å². The number of hydrogen-bond acceptors (Lipinski definition) is 3. The molecule has 2 aliphatic heterocycles. The molecular weight excluding hydrogens is 176 g/mol. The van der Waals surface area contributed by atoms with Gasteiger partial charge in [0.1, 0.15) is 0 Å². The predicted octanol–water partition coefficient (Wildman–Crippen LogP) is 0.835. The van der Waals surface area contributed by atoms with Gasteiger partial charge in [0.25, 0.3) is 0 Å². The molecule has 0 bridgehead atoms. The Labute approximate surface area is 86.6 Å². The second-order valence-electron chi connectivity index (χ2n) is 5.62. The van der Waals surface area contributed by atoms with Gasteiger partial charge in [-0.25, -0.2) is 0 Å². The van der Waals surface area contributed by atoms with E-state index in [0.29, 0.717) is 0 Å². The molecular formula is C11H22N2O. The fourth-order valence-corrected chi connectivity index (χ4v) is 2.67. The molecule has 0 aliphatic carbocycles. The standard InChI is InChI=1S/C11H22N2O/c1-10(2)8-14-11(9(10)12)4-6-13(3)7-5-11/h9H,4-8,12H2,1-3H3/t9-/m1/s1. The molecule has 2 aliphatic rings.